The molecule has 0 aromatic heterocycles. The zero-order chi connectivity index (χ0) is 19.9. The fraction of sp³-hybridized carbons (Fsp3) is 0.0455. The van der Waals surface area contributed by atoms with Gasteiger partial charge in [-0.05, 0) is 22.8 Å². The largest absolute Gasteiger partial charge is 0.513 e. The number of allylic oxidation sites excluding steroid dienone is 1. The van der Waals surface area contributed by atoms with E-state index in [0.29, 0.717) is 17.4 Å². The van der Waals surface area contributed by atoms with Gasteiger partial charge in [0, 0.05) is 18.2 Å². The average molecular weight is 391 g/mol. The van der Waals surface area contributed by atoms with Crippen molar-refractivity contribution in [3.63, 3.8) is 0 Å². The van der Waals surface area contributed by atoms with Crippen molar-refractivity contribution >= 4 is 15.8 Å². The highest BCUT2D eigenvalue weighted by Gasteiger charge is 2.39. The van der Waals surface area contributed by atoms with Crippen molar-refractivity contribution in [2.45, 2.75) is 4.90 Å². The summed E-state index contributed by atoms with van der Waals surface area (Å²) in [4.78, 5) is 12.6. The maximum Gasteiger partial charge on any atom is 0.265 e. The number of Topliss-reactive ketones (excluding diaryl/α,β-unsaturated/α-hetero) is 1. The zero-order valence-corrected chi connectivity index (χ0v) is 15.8. The molecule has 0 amide bonds. The van der Waals surface area contributed by atoms with Crippen molar-refractivity contribution in [2.24, 2.45) is 0 Å². The second kappa shape index (κ2) is 6.65. The molecule has 0 fully saturated rings. The molecule has 1 aliphatic heterocycles. The number of carbonyl (C=O) groups excluding carboxylic acids is 1. The van der Waals surface area contributed by atoms with Gasteiger partial charge in [0.25, 0.3) is 10.0 Å². The number of rotatable bonds is 2. The molecule has 0 saturated carbocycles. The van der Waals surface area contributed by atoms with Crippen LogP contribution in [0.3, 0.4) is 0 Å². The minimum absolute atomic E-state index is 0.0411. The van der Waals surface area contributed by atoms with E-state index >= 15 is 0 Å². The third kappa shape index (κ3) is 2.70. The third-order valence-corrected chi connectivity index (χ3v) is 6.75. The lowest BCUT2D eigenvalue weighted by Crippen LogP contribution is -2.36. The maximum absolute atomic E-state index is 13.0. The summed E-state index contributed by atoms with van der Waals surface area (Å²) in [6.07, 6.45) is 0.532. The normalized spacial score (nSPS) is 16.8. The highest BCUT2D eigenvalue weighted by Crippen LogP contribution is 2.38. The molecule has 0 radical (unpaired) electrons. The molecule has 0 unspecified atom stereocenters. The fourth-order valence-electron chi connectivity index (χ4n) is 3.38. The van der Waals surface area contributed by atoms with E-state index in [2.05, 4.69) is 0 Å². The fourth-order valence-corrected chi connectivity index (χ4v) is 4.95. The lowest BCUT2D eigenvalue weighted by atomic mass is 9.97. The van der Waals surface area contributed by atoms with Gasteiger partial charge in [-0.2, -0.15) is 0 Å². The van der Waals surface area contributed by atoms with Gasteiger partial charge < -0.3 is 5.11 Å². The Bertz CT molecular complexity index is 1200. The summed E-state index contributed by atoms with van der Waals surface area (Å²) >= 11 is 0. The smallest absolute Gasteiger partial charge is 0.265 e. The first-order chi connectivity index (χ1) is 13.4. The van der Waals surface area contributed by atoms with E-state index in [-0.39, 0.29) is 16.2 Å². The van der Waals surface area contributed by atoms with E-state index in [1.807, 2.05) is 54.6 Å². The first kappa shape index (κ1) is 18.0. The molecule has 4 rings (SSSR count). The van der Waals surface area contributed by atoms with Crippen LogP contribution in [-0.2, 0) is 10.0 Å². The Labute approximate surface area is 163 Å². The highest BCUT2D eigenvalue weighted by atomic mass is 32.2. The van der Waals surface area contributed by atoms with Gasteiger partial charge in [-0.3, -0.25) is 9.10 Å². The Morgan fingerprint density at radius 2 is 1.36 bits per heavy atom. The van der Waals surface area contributed by atoms with E-state index in [0.717, 1.165) is 15.4 Å². The number of likely N-dealkylation sites (N-methyl/N-ethyl adjacent to an activating group) is 1. The van der Waals surface area contributed by atoms with Crippen molar-refractivity contribution < 1.29 is 18.3 Å². The molecule has 28 heavy (non-hydrogen) atoms. The van der Waals surface area contributed by atoms with E-state index in [9.17, 15) is 18.3 Å². The van der Waals surface area contributed by atoms with Crippen molar-refractivity contribution in [1.82, 2.24) is 4.31 Å². The van der Waals surface area contributed by atoms with E-state index in [1.54, 1.807) is 12.1 Å². The second-order valence-electron chi connectivity index (χ2n) is 6.44. The van der Waals surface area contributed by atoms with Crippen molar-refractivity contribution in [2.75, 3.05) is 7.05 Å². The predicted molar refractivity (Wildman–Crippen MR) is 107 cm³/mol. The highest BCUT2D eigenvalue weighted by molar-refractivity contribution is 7.89. The molecule has 140 valence electrons. The maximum atomic E-state index is 13.0. The molecule has 3 aromatic rings. The molecule has 1 N–H and O–H groups in total. The molecule has 5 nitrogen and oxygen atoms in total. The lowest BCUT2D eigenvalue weighted by molar-refractivity contribution is 0.100. The van der Waals surface area contributed by atoms with E-state index in [4.69, 9.17) is 0 Å². The minimum Gasteiger partial charge on any atom is -0.513 e. The van der Waals surface area contributed by atoms with Crippen LogP contribution in [0.25, 0.3) is 22.3 Å². The van der Waals surface area contributed by atoms with Crippen LogP contribution in [0, 0.1) is 0 Å². The van der Waals surface area contributed by atoms with Gasteiger partial charge in [-0.15, -0.1) is 0 Å². The predicted octanol–water partition coefficient (Wildman–Crippen LogP) is 4.24. The van der Waals surface area contributed by atoms with Gasteiger partial charge in [0.15, 0.2) is 0 Å². The van der Waals surface area contributed by atoms with E-state index < -0.39 is 15.8 Å². The van der Waals surface area contributed by atoms with Crippen molar-refractivity contribution in [3.05, 3.63) is 90.3 Å². The summed E-state index contributed by atoms with van der Waals surface area (Å²) in [6.45, 7) is 0. The summed E-state index contributed by atoms with van der Waals surface area (Å²) < 4.78 is 26.9. The molecule has 0 saturated heterocycles. The molecule has 0 spiro atoms. The number of hydrogen-bond donors (Lipinski definition) is 1. The number of fused-ring (bicyclic) bond motifs is 1. The molecule has 0 atom stereocenters. The van der Waals surface area contributed by atoms with Gasteiger partial charge in [-0.1, -0.05) is 66.7 Å². The minimum atomic E-state index is -3.97. The Kier molecular flexibility index (Phi) is 4.28. The van der Waals surface area contributed by atoms with E-state index in [1.165, 1.54) is 13.1 Å². The Morgan fingerprint density at radius 1 is 0.786 bits per heavy atom. The Balaban J connectivity index is 1.88. The first-order valence-electron chi connectivity index (χ1n) is 8.62. The average Bonchev–Trinajstić information content (AvgIpc) is 2.73. The second-order valence-corrected chi connectivity index (χ2v) is 8.35. The number of aliphatic hydroxyl groups excluding tert-OH is 1. The summed E-state index contributed by atoms with van der Waals surface area (Å²) in [5.74, 6) is -0.530. The number of sulfonamides is 1. The quantitative estimate of drug-likeness (QED) is 0.524. The number of benzene rings is 3. The van der Waals surface area contributed by atoms with Crippen LogP contribution in [0.4, 0.5) is 0 Å². The summed E-state index contributed by atoms with van der Waals surface area (Å²) in [5.41, 5.74) is 3.00. The molecule has 6 heteroatoms. The Hall–Kier alpha value is -3.38. The summed E-state index contributed by atoms with van der Waals surface area (Å²) in [6, 6.07) is 22.2. The summed E-state index contributed by atoms with van der Waals surface area (Å²) in [5, 5.41) is 9.33. The topological polar surface area (TPSA) is 74.7 Å². The standard InChI is InChI=1S/C22H17NO4S/c1-23-20(14-24)21(25)19-9-5-8-18(22(19)28(23,26)27)17-12-10-16(11-13-17)15-6-3-2-4-7-15/h2-14,24H,1H3/b20-14+. The molecular formula is C22H17NO4S. The van der Waals surface area contributed by atoms with Crippen LogP contribution in [0.2, 0.25) is 0 Å². The Morgan fingerprint density at radius 3 is 2.00 bits per heavy atom. The van der Waals surface area contributed by atoms with Crippen LogP contribution in [-0.4, -0.2) is 30.7 Å². The SMILES string of the molecule is CN1/C(=C/O)C(=O)c2cccc(-c3ccc(-c4ccccc4)cc3)c2S1(=O)=O. The number of hydrogen-bond acceptors (Lipinski definition) is 4. The van der Waals surface area contributed by atoms with Gasteiger partial charge in [0.1, 0.15) is 16.9 Å². The number of ketones is 1. The van der Waals surface area contributed by atoms with Crippen LogP contribution in [0.5, 0.6) is 0 Å². The third-order valence-electron chi connectivity index (χ3n) is 4.88. The monoisotopic (exact) mass is 391 g/mol. The molecular weight excluding hydrogens is 374 g/mol. The molecule has 0 bridgehead atoms. The summed E-state index contributed by atoms with van der Waals surface area (Å²) in [7, 11) is -2.71. The van der Waals surface area contributed by atoms with Gasteiger partial charge in [0.05, 0.1) is 0 Å². The van der Waals surface area contributed by atoms with Crippen molar-refractivity contribution in [1.29, 1.82) is 0 Å². The number of nitrogens with zero attached hydrogens (tertiary/aromatic N) is 1. The van der Waals surface area contributed by atoms with Crippen LogP contribution in [0.1, 0.15) is 10.4 Å². The number of carbonyl (C=O) groups is 1. The molecule has 0 aliphatic carbocycles. The van der Waals surface area contributed by atoms with Crippen LogP contribution in [0.15, 0.2) is 89.7 Å². The molecule has 1 aliphatic rings. The van der Waals surface area contributed by atoms with Gasteiger partial charge in [0.2, 0.25) is 5.78 Å². The van der Waals surface area contributed by atoms with Gasteiger partial charge >= 0.3 is 0 Å². The molecule has 1 heterocycles. The van der Waals surface area contributed by atoms with Crippen LogP contribution < -0.4 is 0 Å². The van der Waals surface area contributed by atoms with Crippen molar-refractivity contribution in [3.8, 4) is 22.3 Å². The lowest BCUT2D eigenvalue weighted by Gasteiger charge is -2.28. The van der Waals surface area contributed by atoms with Gasteiger partial charge in [-0.25, -0.2) is 8.42 Å². The van der Waals surface area contributed by atoms with Crippen LogP contribution >= 0.6 is 0 Å². The number of aliphatic hydroxyl groups is 1. The molecule has 3 aromatic carbocycles. The zero-order valence-electron chi connectivity index (χ0n) is 15.0. The first-order valence-corrected chi connectivity index (χ1v) is 10.1.